The molecule has 0 aliphatic carbocycles. The van der Waals surface area contributed by atoms with Crippen molar-refractivity contribution < 1.29 is 18.0 Å². The van der Waals surface area contributed by atoms with Crippen LogP contribution in [0.25, 0.3) is 0 Å². The molecule has 2 rings (SSSR count). The number of halogens is 3. The zero-order valence-electron chi connectivity index (χ0n) is 9.74. The Morgan fingerprint density at radius 2 is 1.53 bits per heavy atom. The lowest BCUT2D eigenvalue weighted by atomic mass is 10.1. The zero-order chi connectivity index (χ0) is 13.9. The highest BCUT2D eigenvalue weighted by molar-refractivity contribution is 5.96. The molecule has 0 unspecified atom stereocenters. The Kier molecular flexibility index (Phi) is 3.55. The van der Waals surface area contributed by atoms with Crippen molar-refractivity contribution in [3.63, 3.8) is 0 Å². The molecule has 0 fully saturated rings. The summed E-state index contributed by atoms with van der Waals surface area (Å²) in [7, 11) is 0. The lowest BCUT2D eigenvalue weighted by Crippen LogP contribution is -2.32. The molecular formula is C14H10F3NO. The summed E-state index contributed by atoms with van der Waals surface area (Å²) in [5, 5.41) is 2.11. The first-order chi connectivity index (χ1) is 9.00. The highest BCUT2D eigenvalue weighted by Gasteiger charge is 2.40. The van der Waals surface area contributed by atoms with Crippen LogP contribution in [0.4, 0.5) is 18.9 Å². The van der Waals surface area contributed by atoms with Crippen molar-refractivity contribution in [3.05, 3.63) is 66.0 Å². The average molecular weight is 265 g/mol. The lowest BCUT2D eigenvalue weighted by Gasteiger charge is -2.16. The maximum absolute atomic E-state index is 13.8. The summed E-state index contributed by atoms with van der Waals surface area (Å²) in [4.78, 5) is 11.6. The molecule has 2 aromatic rings. The summed E-state index contributed by atoms with van der Waals surface area (Å²) in [6.07, 6.45) is 0. The van der Waals surface area contributed by atoms with Crippen LogP contribution in [0, 0.1) is 5.82 Å². The number of amides is 1. The van der Waals surface area contributed by atoms with Crippen LogP contribution in [0.15, 0.2) is 54.6 Å². The van der Waals surface area contributed by atoms with Crippen LogP contribution in [-0.4, -0.2) is 5.91 Å². The number of rotatable bonds is 3. The molecular weight excluding hydrogens is 255 g/mol. The van der Waals surface area contributed by atoms with Gasteiger partial charge in [0.05, 0.1) is 0 Å². The first-order valence-corrected chi connectivity index (χ1v) is 5.50. The van der Waals surface area contributed by atoms with E-state index in [4.69, 9.17) is 0 Å². The van der Waals surface area contributed by atoms with Crippen LogP contribution in [-0.2, 0) is 10.7 Å². The molecule has 0 saturated carbocycles. The van der Waals surface area contributed by atoms with Gasteiger partial charge in [-0.2, -0.15) is 8.78 Å². The third-order valence-electron chi connectivity index (χ3n) is 2.52. The third-order valence-corrected chi connectivity index (χ3v) is 2.52. The number of benzene rings is 2. The summed E-state index contributed by atoms with van der Waals surface area (Å²) < 4.78 is 40.3. The van der Waals surface area contributed by atoms with Crippen LogP contribution in [0.5, 0.6) is 0 Å². The Balaban J connectivity index is 2.19. The van der Waals surface area contributed by atoms with E-state index in [1.54, 1.807) is 18.2 Å². The van der Waals surface area contributed by atoms with E-state index in [2.05, 4.69) is 5.32 Å². The van der Waals surface area contributed by atoms with Crippen molar-refractivity contribution in [3.8, 4) is 0 Å². The minimum Gasteiger partial charge on any atom is -0.321 e. The summed E-state index contributed by atoms with van der Waals surface area (Å²) in [5.41, 5.74) is -0.281. The molecule has 98 valence electrons. The molecule has 0 aliphatic heterocycles. The minimum atomic E-state index is -3.72. The molecule has 0 bridgehead atoms. The Labute approximate surface area is 107 Å². The van der Waals surface area contributed by atoms with Gasteiger partial charge in [-0.25, -0.2) is 4.39 Å². The number of carbonyl (C=O) groups excluding carboxylic acids is 1. The van der Waals surface area contributed by atoms with Gasteiger partial charge < -0.3 is 5.32 Å². The van der Waals surface area contributed by atoms with Crippen LogP contribution in [0.1, 0.15) is 5.56 Å². The second kappa shape index (κ2) is 5.14. The van der Waals surface area contributed by atoms with Crippen molar-refractivity contribution in [2.75, 3.05) is 5.32 Å². The van der Waals surface area contributed by atoms with Crippen molar-refractivity contribution in [2.45, 2.75) is 5.92 Å². The topological polar surface area (TPSA) is 29.1 Å². The zero-order valence-corrected chi connectivity index (χ0v) is 9.74. The van der Waals surface area contributed by atoms with E-state index in [1.165, 1.54) is 12.1 Å². The minimum absolute atomic E-state index is 0.272. The van der Waals surface area contributed by atoms with Crippen molar-refractivity contribution >= 4 is 11.6 Å². The van der Waals surface area contributed by atoms with Gasteiger partial charge in [-0.3, -0.25) is 4.79 Å². The number of anilines is 1. The Hall–Kier alpha value is -2.30. The maximum atomic E-state index is 13.8. The number of alkyl halides is 2. The molecule has 19 heavy (non-hydrogen) atoms. The first-order valence-electron chi connectivity index (χ1n) is 5.50. The van der Waals surface area contributed by atoms with Gasteiger partial charge in [-0.05, 0) is 36.4 Å². The Morgan fingerprint density at radius 1 is 0.947 bits per heavy atom. The normalized spacial score (nSPS) is 11.1. The molecule has 0 atom stereocenters. The highest BCUT2D eigenvalue weighted by Crippen LogP contribution is 2.29. The second-order valence-corrected chi connectivity index (χ2v) is 3.90. The quantitative estimate of drug-likeness (QED) is 0.903. The van der Waals surface area contributed by atoms with Gasteiger partial charge in [0.25, 0.3) is 5.91 Å². The van der Waals surface area contributed by atoms with Gasteiger partial charge in [0.2, 0.25) is 0 Å². The fourth-order valence-corrected chi connectivity index (χ4v) is 1.52. The predicted molar refractivity (Wildman–Crippen MR) is 65.4 cm³/mol. The maximum Gasteiger partial charge on any atom is 0.350 e. The SMILES string of the molecule is O=C(Nc1ccccc1)C(F)(F)c1ccc(F)cc1. The summed E-state index contributed by atoms with van der Waals surface area (Å²) in [5.74, 6) is -5.81. The van der Waals surface area contributed by atoms with Crippen molar-refractivity contribution in [1.29, 1.82) is 0 Å². The Bertz CT molecular complexity index is 567. The molecule has 2 nitrogen and oxygen atoms in total. The lowest BCUT2D eigenvalue weighted by molar-refractivity contribution is -0.140. The molecule has 0 radical (unpaired) electrons. The fraction of sp³-hybridized carbons (Fsp3) is 0.0714. The first kappa shape index (κ1) is 13.1. The smallest absolute Gasteiger partial charge is 0.321 e. The fourth-order valence-electron chi connectivity index (χ4n) is 1.52. The number of hydrogen-bond acceptors (Lipinski definition) is 1. The second-order valence-electron chi connectivity index (χ2n) is 3.90. The molecule has 0 aliphatic rings. The van der Waals surface area contributed by atoms with E-state index in [0.29, 0.717) is 0 Å². The van der Waals surface area contributed by atoms with Crippen molar-refractivity contribution in [1.82, 2.24) is 0 Å². The monoisotopic (exact) mass is 265 g/mol. The molecule has 1 N–H and O–H groups in total. The van der Waals surface area contributed by atoms with E-state index in [0.717, 1.165) is 24.3 Å². The number of nitrogens with one attached hydrogen (secondary N) is 1. The summed E-state index contributed by atoms with van der Waals surface area (Å²) in [6.45, 7) is 0. The number of para-hydroxylation sites is 1. The van der Waals surface area contributed by atoms with E-state index < -0.39 is 23.2 Å². The van der Waals surface area contributed by atoms with E-state index in [1.807, 2.05) is 0 Å². The van der Waals surface area contributed by atoms with Gasteiger partial charge in [0, 0.05) is 11.3 Å². The van der Waals surface area contributed by atoms with Gasteiger partial charge >= 0.3 is 5.92 Å². The third kappa shape index (κ3) is 2.93. The van der Waals surface area contributed by atoms with Gasteiger partial charge in [-0.1, -0.05) is 18.2 Å². The molecule has 0 saturated heterocycles. The van der Waals surface area contributed by atoms with Crippen molar-refractivity contribution in [2.24, 2.45) is 0 Å². The van der Waals surface area contributed by atoms with Gasteiger partial charge in [-0.15, -0.1) is 0 Å². The van der Waals surface area contributed by atoms with Crippen LogP contribution in [0.2, 0.25) is 0 Å². The molecule has 0 spiro atoms. The highest BCUT2D eigenvalue weighted by atomic mass is 19.3. The van der Waals surface area contributed by atoms with Gasteiger partial charge in [0.15, 0.2) is 0 Å². The van der Waals surface area contributed by atoms with Crippen LogP contribution in [0.3, 0.4) is 0 Å². The van der Waals surface area contributed by atoms with Crippen LogP contribution >= 0.6 is 0 Å². The summed E-state index contributed by atoms with van der Waals surface area (Å²) in [6, 6.07) is 11.5. The van der Waals surface area contributed by atoms with E-state index in [9.17, 15) is 18.0 Å². The summed E-state index contributed by atoms with van der Waals surface area (Å²) >= 11 is 0. The average Bonchev–Trinajstić information content (AvgIpc) is 2.40. The molecule has 0 heterocycles. The molecule has 1 amide bonds. The molecule has 2 aromatic carbocycles. The number of carbonyl (C=O) groups is 1. The molecule has 0 aromatic heterocycles. The molecule has 5 heteroatoms. The standard InChI is InChI=1S/C14H10F3NO/c15-11-8-6-10(7-9-11)14(16,17)13(19)18-12-4-2-1-3-5-12/h1-9H,(H,18,19). The van der Waals surface area contributed by atoms with E-state index >= 15 is 0 Å². The van der Waals surface area contributed by atoms with Gasteiger partial charge in [0.1, 0.15) is 5.82 Å². The number of hydrogen-bond donors (Lipinski definition) is 1. The Morgan fingerprint density at radius 3 is 2.11 bits per heavy atom. The largest absolute Gasteiger partial charge is 0.350 e. The van der Waals surface area contributed by atoms with E-state index in [-0.39, 0.29) is 5.69 Å². The predicted octanol–water partition coefficient (Wildman–Crippen LogP) is 3.56. The van der Waals surface area contributed by atoms with Crippen LogP contribution < -0.4 is 5.32 Å².